The quantitative estimate of drug-likeness (QED) is 0.905. The van der Waals surface area contributed by atoms with Gasteiger partial charge in [-0.1, -0.05) is 25.1 Å². The minimum atomic E-state index is 0.892. The summed E-state index contributed by atoms with van der Waals surface area (Å²) in [6.07, 6.45) is 1.93. The fourth-order valence-corrected chi connectivity index (χ4v) is 2.51. The highest BCUT2D eigenvalue weighted by Gasteiger charge is 2.15. The molecule has 0 aliphatic rings. The van der Waals surface area contributed by atoms with Gasteiger partial charge in [-0.2, -0.15) is 0 Å². The molecule has 0 unspecified atom stereocenters. The Hall–Kier alpha value is -2.10. The molecule has 4 heteroatoms. The third-order valence-electron chi connectivity index (χ3n) is 3.67. The van der Waals surface area contributed by atoms with E-state index >= 15 is 0 Å². The highest BCUT2D eigenvalue weighted by molar-refractivity contribution is 5.68. The number of hydrogen-bond acceptors (Lipinski definition) is 4. The lowest BCUT2D eigenvalue weighted by atomic mass is 10.1. The standard InChI is InChI=1S/C17H24N4/c1-6-9-15-19-16(18-4)13(3)17(20-15)21(5)14-11-8-7-10-12(14)2/h7-8,10-11H,6,9H2,1-5H3,(H,18,19,20). The molecule has 1 aromatic heterocycles. The molecule has 0 saturated carbocycles. The van der Waals surface area contributed by atoms with Gasteiger partial charge in [0.15, 0.2) is 0 Å². The van der Waals surface area contributed by atoms with Gasteiger partial charge in [0.25, 0.3) is 0 Å². The molecule has 0 saturated heterocycles. The molecular weight excluding hydrogens is 260 g/mol. The monoisotopic (exact) mass is 284 g/mol. The van der Waals surface area contributed by atoms with E-state index in [2.05, 4.69) is 67.3 Å². The molecule has 2 rings (SSSR count). The molecule has 0 radical (unpaired) electrons. The summed E-state index contributed by atoms with van der Waals surface area (Å²) in [6, 6.07) is 8.35. The molecule has 0 amide bonds. The van der Waals surface area contributed by atoms with E-state index in [1.807, 2.05) is 7.05 Å². The van der Waals surface area contributed by atoms with E-state index in [0.717, 1.165) is 35.9 Å². The van der Waals surface area contributed by atoms with E-state index in [4.69, 9.17) is 4.98 Å². The third kappa shape index (κ3) is 3.15. The summed E-state index contributed by atoms with van der Waals surface area (Å²) < 4.78 is 0. The number of nitrogens with zero attached hydrogens (tertiary/aromatic N) is 3. The van der Waals surface area contributed by atoms with Crippen LogP contribution in [0, 0.1) is 13.8 Å². The zero-order chi connectivity index (χ0) is 15.4. The summed E-state index contributed by atoms with van der Waals surface area (Å²) in [4.78, 5) is 11.5. The molecule has 21 heavy (non-hydrogen) atoms. The van der Waals surface area contributed by atoms with Gasteiger partial charge in [0.2, 0.25) is 0 Å². The molecule has 1 aromatic carbocycles. The number of anilines is 3. The van der Waals surface area contributed by atoms with Crippen molar-refractivity contribution in [3.05, 3.63) is 41.2 Å². The molecule has 1 heterocycles. The first kappa shape index (κ1) is 15.3. The zero-order valence-electron chi connectivity index (χ0n) is 13.6. The molecule has 0 bridgehead atoms. The van der Waals surface area contributed by atoms with Gasteiger partial charge in [0.1, 0.15) is 17.5 Å². The van der Waals surface area contributed by atoms with Gasteiger partial charge in [0.05, 0.1) is 0 Å². The summed E-state index contributed by atoms with van der Waals surface area (Å²) in [7, 11) is 3.97. The van der Waals surface area contributed by atoms with Crippen LogP contribution in [-0.4, -0.2) is 24.1 Å². The maximum Gasteiger partial charge on any atom is 0.141 e. The number of aryl methyl sites for hydroxylation is 2. The fraction of sp³-hybridized carbons (Fsp3) is 0.412. The van der Waals surface area contributed by atoms with Crippen molar-refractivity contribution in [1.82, 2.24) is 9.97 Å². The van der Waals surface area contributed by atoms with Crippen molar-refractivity contribution in [2.24, 2.45) is 0 Å². The molecular formula is C17H24N4. The molecule has 1 N–H and O–H groups in total. The molecule has 0 fully saturated rings. The second-order valence-electron chi connectivity index (χ2n) is 5.28. The van der Waals surface area contributed by atoms with Gasteiger partial charge in [-0.15, -0.1) is 0 Å². The van der Waals surface area contributed by atoms with Gasteiger partial charge in [-0.25, -0.2) is 9.97 Å². The van der Waals surface area contributed by atoms with Gasteiger partial charge in [0, 0.05) is 31.8 Å². The van der Waals surface area contributed by atoms with Gasteiger partial charge in [-0.05, 0) is 31.9 Å². The van der Waals surface area contributed by atoms with Crippen LogP contribution >= 0.6 is 0 Å². The average molecular weight is 284 g/mol. The van der Waals surface area contributed by atoms with Crippen LogP contribution in [0.4, 0.5) is 17.3 Å². The first-order valence-corrected chi connectivity index (χ1v) is 7.43. The molecule has 0 aliphatic heterocycles. The van der Waals surface area contributed by atoms with Crippen molar-refractivity contribution in [1.29, 1.82) is 0 Å². The van der Waals surface area contributed by atoms with Crippen molar-refractivity contribution >= 4 is 17.3 Å². The van der Waals surface area contributed by atoms with Crippen molar-refractivity contribution in [3.8, 4) is 0 Å². The van der Waals surface area contributed by atoms with Crippen LogP contribution in [0.3, 0.4) is 0 Å². The van der Waals surface area contributed by atoms with Crippen molar-refractivity contribution < 1.29 is 0 Å². The Kier molecular flexibility index (Phi) is 4.78. The SMILES string of the molecule is CCCc1nc(NC)c(C)c(N(C)c2ccccc2C)n1. The van der Waals surface area contributed by atoms with Gasteiger partial charge in [-0.3, -0.25) is 0 Å². The highest BCUT2D eigenvalue weighted by atomic mass is 15.2. The number of aromatic nitrogens is 2. The lowest BCUT2D eigenvalue weighted by molar-refractivity contribution is 0.828. The topological polar surface area (TPSA) is 41.1 Å². The van der Waals surface area contributed by atoms with Crippen LogP contribution in [0.1, 0.15) is 30.3 Å². The summed E-state index contributed by atoms with van der Waals surface area (Å²) in [5.41, 5.74) is 3.48. The Labute approximate surface area is 127 Å². The third-order valence-corrected chi connectivity index (χ3v) is 3.67. The van der Waals surface area contributed by atoms with E-state index in [1.165, 1.54) is 11.3 Å². The first-order chi connectivity index (χ1) is 10.1. The van der Waals surface area contributed by atoms with Crippen LogP contribution < -0.4 is 10.2 Å². The van der Waals surface area contributed by atoms with Crippen LogP contribution in [0.5, 0.6) is 0 Å². The Balaban J connectivity index is 2.51. The number of para-hydroxylation sites is 1. The summed E-state index contributed by atoms with van der Waals surface area (Å²) in [6.45, 7) is 6.33. The Morgan fingerprint density at radius 3 is 2.48 bits per heavy atom. The average Bonchev–Trinajstić information content (AvgIpc) is 2.49. The van der Waals surface area contributed by atoms with E-state index in [-0.39, 0.29) is 0 Å². The molecule has 0 spiro atoms. The molecule has 4 nitrogen and oxygen atoms in total. The number of rotatable bonds is 5. The Bertz CT molecular complexity index is 622. The van der Waals surface area contributed by atoms with Crippen molar-refractivity contribution in [2.75, 3.05) is 24.3 Å². The van der Waals surface area contributed by atoms with Crippen LogP contribution in [0.2, 0.25) is 0 Å². The smallest absolute Gasteiger partial charge is 0.141 e. The number of benzene rings is 1. The summed E-state index contributed by atoms with van der Waals surface area (Å²) in [5, 5.41) is 3.18. The first-order valence-electron chi connectivity index (χ1n) is 7.43. The van der Waals surface area contributed by atoms with Crippen LogP contribution in [-0.2, 0) is 6.42 Å². The molecule has 0 atom stereocenters. The second-order valence-corrected chi connectivity index (χ2v) is 5.28. The minimum absolute atomic E-state index is 0.892. The maximum absolute atomic E-state index is 4.76. The summed E-state index contributed by atoms with van der Waals surface area (Å²) >= 11 is 0. The van der Waals surface area contributed by atoms with Gasteiger partial charge < -0.3 is 10.2 Å². The van der Waals surface area contributed by atoms with Crippen molar-refractivity contribution in [2.45, 2.75) is 33.6 Å². The zero-order valence-corrected chi connectivity index (χ0v) is 13.6. The van der Waals surface area contributed by atoms with Gasteiger partial charge >= 0.3 is 0 Å². The van der Waals surface area contributed by atoms with E-state index in [1.54, 1.807) is 0 Å². The predicted octanol–water partition coefficient (Wildman–Crippen LogP) is 3.86. The molecule has 2 aromatic rings. The Morgan fingerprint density at radius 1 is 1.14 bits per heavy atom. The molecule has 112 valence electrons. The number of nitrogens with one attached hydrogen (secondary N) is 1. The maximum atomic E-state index is 4.76. The van der Waals surface area contributed by atoms with E-state index < -0.39 is 0 Å². The van der Waals surface area contributed by atoms with Crippen LogP contribution in [0.15, 0.2) is 24.3 Å². The van der Waals surface area contributed by atoms with Crippen LogP contribution in [0.25, 0.3) is 0 Å². The minimum Gasteiger partial charge on any atom is -0.373 e. The second kappa shape index (κ2) is 6.57. The normalized spacial score (nSPS) is 10.5. The largest absolute Gasteiger partial charge is 0.373 e. The van der Waals surface area contributed by atoms with E-state index in [0.29, 0.717) is 0 Å². The van der Waals surface area contributed by atoms with Crippen molar-refractivity contribution in [3.63, 3.8) is 0 Å². The highest BCUT2D eigenvalue weighted by Crippen LogP contribution is 2.30. The van der Waals surface area contributed by atoms with E-state index in [9.17, 15) is 0 Å². The Morgan fingerprint density at radius 2 is 1.86 bits per heavy atom. The lowest BCUT2D eigenvalue weighted by Crippen LogP contribution is -2.17. The fourth-order valence-electron chi connectivity index (χ4n) is 2.51. The predicted molar refractivity (Wildman–Crippen MR) is 89.6 cm³/mol. The molecule has 0 aliphatic carbocycles. The number of hydrogen-bond donors (Lipinski definition) is 1. The lowest BCUT2D eigenvalue weighted by Gasteiger charge is -2.23. The summed E-state index contributed by atoms with van der Waals surface area (Å²) in [5.74, 6) is 2.76.